The molecule has 0 unspecified atom stereocenters. The van der Waals surface area contributed by atoms with Crippen molar-refractivity contribution >= 4 is 11.6 Å². The van der Waals surface area contributed by atoms with E-state index in [0.29, 0.717) is 11.4 Å². The Morgan fingerprint density at radius 2 is 1.97 bits per heavy atom. The SMILES string of the molecule is COc1c([C@H]2[C@H](C(=O)Nc3ccc([C@H](C)O)nc3)OC(C)(C)[C@H]2C)ccc(F)c1C(F)F. The number of ether oxygens (including phenoxy) is 2. The molecule has 1 fully saturated rings. The van der Waals surface area contributed by atoms with Crippen LogP contribution in [0.4, 0.5) is 18.9 Å². The van der Waals surface area contributed by atoms with E-state index in [0.717, 1.165) is 6.07 Å². The van der Waals surface area contributed by atoms with Gasteiger partial charge in [-0.1, -0.05) is 13.0 Å². The van der Waals surface area contributed by atoms with Crippen LogP contribution in [0.1, 0.15) is 63.0 Å². The lowest BCUT2D eigenvalue weighted by Gasteiger charge is -2.26. The molecule has 4 atom stereocenters. The summed E-state index contributed by atoms with van der Waals surface area (Å²) in [5.41, 5.74) is -0.475. The maximum absolute atomic E-state index is 14.1. The third-order valence-electron chi connectivity index (χ3n) is 6.09. The molecular formula is C23H27F3N2O4. The fourth-order valence-corrected chi connectivity index (χ4v) is 4.08. The zero-order chi connectivity index (χ0) is 23.8. The van der Waals surface area contributed by atoms with Crippen LogP contribution in [-0.4, -0.2) is 34.8 Å². The quantitative estimate of drug-likeness (QED) is 0.661. The van der Waals surface area contributed by atoms with Gasteiger partial charge in [-0.25, -0.2) is 13.2 Å². The predicted molar refractivity (Wildman–Crippen MR) is 112 cm³/mol. The molecule has 6 nitrogen and oxygen atoms in total. The number of pyridine rings is 1. The normalized spacial score (nSPS) is 23.2. The number of carbonyl (C=O) groups excluding carboxylic acids is 1. The maximum atomic E-state index is 14.1. The zero-order valence-corrected chi connectivity index (χ0v) is 18.5. The van der Waals surface area contributed by atoms with E-state index >= 15 is 0 Å². The summed E-state index contributed by atoms with van der Waals surface area (Å²) in [4.78, 5) is 17.3. The Morgan fingerprint density at radius 1 is 1.28 bits per heavy atom. The van der Waals surface area contributed by atoms with Crippen molar-refractivity contribution in [3.63, 3.8) is 0 Å². The van der Waals surface area contributed by atoms with Gasteiger partial charge in [-0.15, -0.1) is 0 Å². The molecule has 0 spiro atoms. The van der Waals surface area contributed by atoms with Crippen molar-refractivity contribution in [2.75, 3.05) is 12.4 Å². The van der Waals surface area contributed by atoms with Crippen molar-refractivity contribution in [3.05, 3.63) is 53.1 Å². The van der Waals surface area contributed by atoms with Crippen LogP contribution < -0.4 is 10.1 Å². The smallest absolute Gasteiger partial charge is 0.270 e. The molecule has 32 heavy (non-hydrogen) atoms. The molecule has 2 heterocycles. The molecule has 0 bridgehead atoms. The van der Waals surface area contributed by atoms with Crippen LogP contribution in [0.2, 0.25) is 0 Å². The number of methoxy groups -OCH3 is 1. The van der Waals surface area contributed by atoms with E-state index in [4.69, 9.17) is 9.47 Å². The van der Waals surface area contributed by atoms with Gasteiger partial charge in [0.05, 0.1) is 42.0 Å². The number of aromatic nitrogens is 1. The number of amides is 1. The summed E-state index contributed by atoms with van der Waals surface area (Å²) in [6.45, 7) is 7.04. The van der Waals surface area contributed by atoms with Crippen LogP contribution in [0.3, 0.4) is 0 Å². The van der Waals surface area contributed by atoms with E-state index in [1.165, 1.54) is 19.4 Å². The monoisotopic (exact) mass is 452 g/mol. The number of hydrogen-bond acceptors (Lipinski definition) is 5. The number of anilines is 1. The van der Waals surface area contributed by atoms with Gasteiger partial charge in [0.2, 0.25) is 0 Å². The molecule has 2 aromatic rings. The minimum Gasteiger partial charge on any atom is -0.496 e. The first-order chi connectivity index (χ1) is 15.0. The van der Waals surface area contributed by atoms with Crippen molar-refractivity contribution in [3.8, 4) is 5.75 Å². The number of halogens is 3. The number of aliphatic hydroxyl groups excluding tert-OH is 1. The number of alkyl halides is 2. The fraction of sp³-hybridized carbons (Fsp3) is 0.478. The van der Waals surface area contributed by atoms with Gasteiger partial charge in [-0.2, -0.15) is 0 Å². The van der Waals surface area contributed by atoms with E-state index in [1.807, 2.05) is 6.92 Å². The lowest BCUT2D eigenvalue weighted by Crippen LogP contribution is -2.33. The molecule has 1 aromatic carbocycles. The van der Waals surface area contributed by atoms with Crippen LogP contribution in [0.25, 0.3) is 0 Å². The van der Waals surface area contributed by atoms with Crippen LogP contribution in [-0.2, 0) is 9.53 Å². The maximum Gasteiger partial charge on any atom is 0.270 e. The lowest BCUT2D eigenvalue weighted by atomic mass is 9.77. The van der Waals surface area contributed by atoms with E-state index in [1.54, 1.807) is 32.9 Å². The summed E-state index contributed by atoms with van der Waals surface area (Å²) in [6, 6.07) is 5.51. The highest BCUT2D eigenvalue weighted by Crippen LogP contribution is 2.50. The standard InChI is InChI=1S/C23H27F3N2O4/c1-11-17(14-7-8-15(24)18(21(25)26)19(14)31-5)20(32-23(11,3)4)22(30)28-13-6-9-16(12(2)29)27-10-13/h6-12,17,20-21,29H,1-5H3,(H,28,30)/t11-,12-,17-,20+/m0/s1. The Balaban J connectivity index is 1.99. The lowest BCUT2D eigenvalue weighted by molar-refractivity contribution is -0.131. The molecule has 1 aromatic heterocycles. The van der Waals surface area contributed by atoms with Crippen molar-refractivity contribution in [1.29, 1.82) is 0 Å². The van der Waals surface area contributed by atoms with Gasteiger partial charge in [0.25, 0.3) is 12.3 Å². The first kappa shape index (κ1) is 24.0. The van der Waals surface area contributed by atoms with E-state index in [2.05, 4.69) is 10.3 Å². The predicted octanol–water partition coefficient (Wildman–Crippen LogP) is 4.76. The average molecular weight is 452 g/mol. The van der Waals surface area contributed by atoms with Gasteiger partial charge in [0, 0.05) is 11.5 Å². The second-order valence-corrected chi connectivity index (χ2v) is 8.48. The molecule has 1 aliphatic rings. The minimum atomic E-state index is -3.08. The third-order valence-corrected chi connectivity index (χ3v) is 6.09. The first-order valence-corrected chi connectivity index (χ1v) is 10.2. The Kier molecular flexibility index (Phi) is 6.80. The van der Waals surface area contributed by atoms with Gasteiger partial charge in [0.1, 0.15) is 17.7 Å². The van der Waals surface area contributed by atoms with Gasteiger partial charge in [-0.05, 0) is 44.9 Å². The van der Waals surface area contributed by atoms with Crippen LogP contribution >= 0.6 is 0 Å². The van der Waals surface area contributed by atoms with Crippen molar-refractivity contribution in [2.24, 2.45) is 5.92 Å². The van der Waals surface area contributed by atoms with Crippen LogP contribution in [0.15, 0.2) is 30.5 Å². The number of nitrogens with one attached hydrogen (secondary N) is 1. The molecule has 0 radical (unpaired) electrons. The molecule has 174 valence electrons. The van der Waals surface area contributed by atoms with E-state index in [-0.39, 0.29) is 17.2 Å². The average Bonchev–Trinajstić information content (AvgIpc) is 2.97. The summed E-state index contributed by atoms with van der Waals surface area (Å²) < 4.78 is 52.5. The first-order valence-electron chi connectivity index (χ1n) is 10.2. The van der Waals surface area contributed by atoms with Crippen molar-refractivity contribution in [2.45, 2.75) is 57.8 Å². The van der Waals surface area contributed by atoms with E-state index < -0.39 is 47.4 Å². The highest BCUT2D eigenvalue weighted by Gasteiger charge is 2.51. The molecule has 1 aliphatic heterocycles. The van der Waals surface area contributed by atoms with Crippen LogP contribution in [0.5, 0.6) is 5.75 Å². The zero-order valence-electron chi connectivity index (χ0n) is 18.5. The summed E-state index contributed by atoms with van der Waals surface area (Å²) in [7, 11) is 1.19. The Hall–Kier alpha value is -2.65. The molecule has 9 heteroatoms. The summed E-state index contributed by atoms with van der Waals surface area (Å²) in [5.74, 6) is -2.79. The number of carbonyl (C=O) groups is 1. The molecule has 0 aliphatic carbocycles. The molecule has 1 amide bonds. The van der Waals surface area contributed by atoms with Gasteiger partial charge < -0.3 is 19.9 Å². The third kappa shape index (κ3) is 4.45. The summed E-state index contributed by atoms with van der Waals surface area (Å²) in [5, 5.41) is 12.3. The highest BCUT2D eigenvalue weighted by molar-refractivity contribution is 5.95. The second kappa shape index (κ2) is 9.07. The molecular weight excluding hydrogens is 425 g/mol. The number of hydrogen-bond donors (Lipinski definition) is 2. The number of benzene rings is 1. The number of rotatable bonds is 6. The summed E-state index contributed by atoms with van der Waals surface area (Å²) >= 11 is 0. The highest BCUT2D eigenvalue weighted by atomic mass is 19.3. The molecule has 2 N–H and O–H groups in total. The second-order valence-electron chi connectivity index (χ2n) is 8.48. The molecule has 3 rings (SSSR count). The van der Waals surface area contributed by atoms with Gasteiger partial charge >= 0.3 is 0 Å². The van der Waals surface area contributed by atoms with Crippen molar-refractivity contribution in [1.82, 2.24) is 4.98 Å². The van der Waals surface area contributed by atoms with Gasteiger partial charge in [-0.3, -0.25) is 9.78 Å². The Morgan fingerprint density at radius 3 is 2.50 bits per heavy atom. The topological polar surface area (TPSA) is 80.7 Å². The van der Waals surface area contributed by atoms with Crippen LogP contribution in [0, 0.1) is 11.7 Å². The Labute approximate surface area is 184 Å². The minimum absolute atomic E-state index is 0.279. The largest absolute Gasteiger partial charge is 0.496 e. The summed E-state index contributed by atoms with van der Waals surface area (Å²) in [6.07, 6.45) is -3.46. The van der Waals surface area contributed by atoms with Crippen molar-refractivity contribution < 1.29 is 32.5 Å². The fourth-order valence-electron chi connectivity index (χ4n) is 4.08. The van der Waals surface area contributed by atoms with E-state index in [9.17, 15) is 23.1 Å². The number of nitrogens with zero attached hydrogens (tertiary/aromatic N) is 1. The van der Waals surface area contributed by atoms with Gasteiger partial charge in [0.15, 0.2) is 0 Å². The molecule has 0 saturated carbocycles. The number of aliphatic hydroxyl groups is 1. The Bertz CT molecular complexity index is 980. The molecule has 1 saturated heterocycles.